The van der Waals surface area contributed by atoms with E-state index in [1.165, 1.54) is 12.8 Å². The predicted molar refractivity (Wildman–Crippen MR) is 74.9 cm³/mol. The second-order valence-corrected chi connectivity index (χ2v) is 5.66. The summed E-state index contributed by atoms with van der Waals surface area (Å²) in [4.78, 5) is 14.2. The number of aryl methyl sites for hydroxylation is 1. The van der Waals surface area contributed by atoms with Crippen molar-refractivity contribution in [2.75, 3.05) is 0 Å². The fraction of sp³-hybridized carbons (Fsp3) is 0.667. The van der Waals surface area contributed by atoms with Crippen LogP contribution in [0.5, 0.6) is 0 Å². The summed E-state index contributed by atoms with van der Waals surface area (Å²) >= 11 is 0. The number of furan rings is 1. The summed E-state index contributed by atoms with van der Waals surface area (Å²) in [6, 6.07) is 4.41. The molecule has 1 aliphatic rings. The Morgan fingerprint density at radius 3 is 2.63 bits per heavy atom. The molecule has 4 nitrogen and oxygen atoms in total. The molecule has 1 aromatic heterocycles. The van der Waals surface area contributed by atoms with E-state index in [-0.39, 0.29) is 12.1 Å². The zero-order valence-corrected chi connectivity index (χ0v) is 12.1. The summed E-state index contributed by atoms with van der Waals surface area (Å²) in [6.45, 7) is 6.51. The Morgan fingerprint density at radius 2 is 2.11 bits per heavy atom. The molecule has 1 saturated carbocycles. The lowest BCUT2D eigenvalue weighted by molar-refractivity contribution is 0.170. The Morgan fingerprint density at radius 1 is 1.42 bits per heavy atom. The molecular weight excluding hydrogens is 240 g/mol. The summed E-state index contributed by atoms with van der Waals surface area (Å²) in [5.41, 5.74) is 0. The molecule has 0 unspecified atom stereocenters. The zero-order valence-electron chi connectivity index (χ0n) is 12.1. The third kappa shape index (κ3) is 3.75. The summed E-state index contributed by atoms with van der Waals surface area (Å²) in [5, 5.41) is 3.13. The smallest absolute Gasteiger partial charge is 0.318 e. The second kappa shape index (κ2) is 6.13. The standard InChI is InChI=1S/C15H24N2O2/c1-11(2)17(10-14-9-8-12(3)19-14)15(18)16-13-6-4-5-7-13/h8-9,11,13H,4-7,10H2,1-3H3,(H,16,18). The Kier molecular flexibility index (Phi) is 4.51. The minimum absolute atomic E-state index is 0.0240. The van der Waals surface area contributed by atoms with Gasteiger partial charge in [0.25, 0.3) is 0 Å². The van der Waals surface area contributed by atoms with Gasteiger partial charge >= 0.3 is 6.03 Å². The maximum Gasteiger partial charge on any atom is 0.318 e. The van der Waals surface area contributed by atoms with Gasteiger partial charge in [0.05, 0.1) is 6.54 Å². The average Bonchev–Trinajstić information content (AvgIpc) is 2.97. The lowest BCUT2D eigenvalue weighted by Crippen LogP contribution is -2.46. The molecule has 4 heteroatoms. The number of nitrogens with one attached hydrogen (secondary N) is 1. The van der Waals surface area contributed by atoms with E-state index in [0.29, 0.717) is 12.6 Å². The molecule has 0 spiro atoms. The van der Waals surface area contributed by atoms with Crippen LogP contribution in [0.3, 0.4) is 0 Å². The normalized spacial score (nSPS) is 16.0. The Labute approximate surface area is 115 Å². The van der Waals surface area contributed by atoms with E-state index in [0.717, 1.165) is 24.4 Å². The van der Waals surface area contributed by atoms with Gasteiger partial charge in [0, 0.05) is 12.1 Å². The highest BCUT2D eigenvalue weighted by Gasteiger charge is 2.23. The number of hydrogen-bond acceptors (Lipinski definition) is 2. The number of rotatable bonds is 4. The minimum atomic E-state index is 0.0240. The van der Waals surface area contributed by atoms with Crippen molar-refractivity contribution in [1.82, 2.24) is 10.2 Å². The van der Waals surface area contributed by atoms with Crippen LogP contribution in [-0.2, 0) is 6.54 Å². The van der Waals surface area contributed by atoms with E-state index in [1.54, 1.807) is 0 Å². The predicted octanol–water partition coefficient (Wildman–Crippen LogP) is 3.45. The fourth-order valence-electron chi connectivity index (χ4n) is 2.55. The van der Waals surface area contributed by atoms with Crippen LogP contribution >= 0.6 is 0 Å². The van der Waals surface area contributed by atoms with Crippen LogP contribution in [0.15, 0.2) is 16.5 Å². The molecule has 1 aliphatic carbocycles. The summed E-state index contributed by atoms with van der Waals surface area (Å²) < 4.78 is 5.56. The van der Waals surface area contributed by atoms with Crippen LogP contribution in [0.4, 0.5) is 4.79 Å². The van der Waals surface area contributed by atoms with Crippen LogP contribution in [-0.4, -0.2) is 23.0 Å². The van der Waals surface area contributed by atoms with Gasteiger partial charge in [0.2, 0.25) is 0 Å². The lowest BCUT2D eigenvalue weighted by atomic mass is 10.2. The topological polar surface area (TPSA) is 45.5 Å². The van der Waals surface area contributed by atoms with E-state index >= 15 is 0 Å². The van der Waals surface area contributed by atoms with Gasteiger partial charge in [-0.15, -0.1) is 0 Å². The third-order valence-corrected chi connectivity index (χ3v) is 3.69. The van der Waals surface area contributed by atoms with Crippen LogP contribution in [0, 0.1) is 6.92 Å². The summed E-state index contributed by atoms with van der Waals surface area (Å²) in [5.74, 6) is 1.72. The van der Waals surface area contributed by atoms with Crippen LogP contribution in [0.2, 0.25) is 0 Å². The molecule has 1 heterocycles. The highest BCUT2D eigenvalue weighted by Crippen LogP contribution is 2.19. The monoisotopic (exact) mass is 264 g/mol. The lowest BCUT2D eigenvalue weighted by Gasteiger charge is -2.27. The molecule has 0 saturated heterocycles. The maximum absolute atomic E-state index is 12.3. The Balaban J connectivity index is 1.96. The average molecular weight is 264 g/mol. The maximum atomic E-state index is 12.3. The largest absolute Gasteiger partial charge is 0.464 e. The molecule has 106 valence electrons. The molecule has 19 heavy (non-hydrogen) atoms. The minimum Gasteiger partial charge on any atom is -0.464 e. The van der Waals surface area contributed by atoms with Crippen molar-refractivity contribution in [3.8, 4) is 0 Å². The highest BCUT2D eigenvalue weighted by molar-refractivity contribution is 5.74. The SMILES string of the molecule is Cc1ccc(CN(C(=O)NC2CCCC2)C(C)C)o1. The van der Waals surface area contributed by atoms with Gasteiger partial charge in [0.1, 0.15) is 11.5 Å². The molecule has 1 aromatic rings. The molecule has 0 atom stereocenters. The van der Waals surface area contributed by atoms with Gasteiger partial charge in [-0.2, -0.15) is 0 Å². The van der Waals surface area contributed by atoms with E-state index in [9.17, 15) is 4.79 Å². The summed E-state index contributed by atoms with van der Waals surface area (Å²) in [7, 11) is 0. The number of hydrogen-bond donors (Lipinski definition) is 1. The highest BCUT2D eigenvalue weighted by atomic mass is 16.3. The molecule has 1 N–H and O–H groups in total. The van der Waals surface area contributed by atoms with Crippen molar-refractivity contribution in [2.24, 2.45) is 0 Å². The van der Waals surface area contributed by atoms with E-state index < -0.39 is 0 Å². The van der Waals surface area contributed by atoms with Gasteiger partial charge in [-0.3, -0.25) is 0 Å². The first kappa shape index (κ1) is 14.0. The van der Waals surface area contributed by atoms with Crippen molar-refractivity contribution >= 4 is 6.03 Å². The van der Waals surface area contributed by atoms with E-state index in [4.69, 9.17) is 4.42 Å². The van der Waals surface area contributed by atoms with Crippen molar-refractivity contribution in [2.45, 2.75) is 65.1 Å². The van der Waals surface area contributed by atoms with Crippen molar-refractivity contribution in [1.29, 1.82) is 0 Å². The van der Waals surface area contributed by atoms with Gasteiger partial charge < -0.3 is 14.6 Å². The van der Waals surface area contributed by atoms with Crippen LogP contribution in [0.25, 0.3) is 0 Å². The summed E-state index contributed by atoms with van der Waals surface area (Å²) in [6.07, 6.45) is 4.67. The van der Waals surface area contributed by atoms with Crippen molar-refractivity contribution in [3.05, 3.63) is 23.7 Å². The first-order valence-electron chi connectivity index (χ1n) is 7.18. The molecule has 0 aliphatic heterocycles. The third-order valence-electron chi connectivity index (χ3n) is 3.69. The first-order chi connectivity index (χ1) is 9.06. The Bertz CT molecular complexity index is 420. The van der Waals surface area contributed by atoms with Crippen LogP contribution < -0.4 is 5.32 Å². The van der Waals surface area contributed by atoms with Gasteiger partial charge in [-0.25, -0.2) is 4.79 Å². The molecule has 1 fully saturated rings. The molecule has 2 rings (SSSR count). The van der Waals surface area contributed by atoms with Gasteiger partial charge in [-0.05, 0) is 45.7 Å². The molecule has 2 amide bonds. The van der Waals surface area contributed by atoms with E-state index in [1.807, 2.05) is 37.8 Å². The quantitative estimate of drug-likeness (QED) is 0.905. The first-order valence-corrected chi connectivity index (χ1v) is 7.18. The molecule has 0 radical (unpaired) electrons. The van der Waals surface area contributed by atoms with Crippen molar-refractivity contribution in [3.63, 3.8) is 0 Å². The number of carbonyl (C=O) groups is 1. The molecule has 0 bridgehead atoms. The van der Waals surface area contributed by atoms with Crippen LogP contribution in [0.1, 0.15) is 51.1 Å². The van der Waals surface area contributed by atoms with Gasteiger partial charge in [-0.1, -0.05) is 12.8 Å². The Hall–Kier alpha value is -1.45. The fourth-order valence-corrected chi connectivity index (χ4v) is 2.55. The number of carbonyl (C=O) groups excluding carboxylic acids is 1. The van der Waals surface area contributed by atoms with Crippen molar-refractivity contribution < 1.29 is 9.21 Å². The van der Waals surface area contributed by atoms with Gasteiger partial charge in [0.15, 0.2) is 0 Å². The number of amides is 2. The number of urea groups is 1. The number of nitrogens with zero attached hydrogens (tertiary/aromatic N) is 1. The zero-order chi connectivity index (χ0) is 13.8. The molecule has 0 aromatic carbocycles. The molecular formula is C15H24N2O2. The van der Waals surface area contributed by atoms with E-state index in [2.05, 4.69) is 5.32 Å². The second-order valence-electron chi connectivity index (χ2n) is 5.66.